The van der Waals surface area contributed by atoms with Gasteiger partial charge in [0.15, 0.2) is 0 Å². The van der Waals surface area contributed by atoms with Crippen LogP contribution in [0.25, 0.3) is 0 Å². The Morgan fingerprint density at radius 3 is 2.25 bits per heavy atom. The zero-order valence-electron chi connectivity index (χ0n) is 13.3. The number of halogens is 3. The van der Waals surface area contributed by atoms with Gasteiger partial charge >= 0.3 is 6.36 Å². The molecule has 1 aromatic rings. The monoisotopic (exact) mass is 367 g/mol. The molecule has 1 fully saturated rings. The van der Waals surface area contributed by atoms with Crippen LogP contribution in [0.1, 0.15) is 25.7 Å². The van der Waals surface area contributed by atoms with Gasteiger partial charge in [-0.3, -0.25) is 0 Å². The molecule has 0 radical (unpaired) electrons. The summed E-state index contributed by atoms with van der Waals surface area (Å²) in [4.78, 5) is -0.0555. The molecule has 24 heavy (non-hydrogen) atoms. The number of nitrogens with zero attached hydrogens (tertiary/aromatic N) is 1. The first-order valence-electron chi connectivity index (χ1n) is 7.60. The molecule has 0 spiro atoms. The molecule has 0 aromatic heterocycles. The molecular formula is C15H20F3NO4S. The van der Waals surface area contributed by atoms with E-state index in [9.17, 15) is 21.6 Å². The van der Waals surface area contributed by atoms with Crippen LogP contribution in [-0.4, -0.2) is 45.4 Å². The first-order valence-corrected chi connectivity index (χ1v) is 9.04. The third kappa shape index (κ3) is 4.84. The van der Waals surface area contributed by atoms with Crippen molar-refractivity contribution in [3.8, 4) is 5.75 Å². The molecule has 0 saturated heterocycles. The zero-order valence-corrected chi connectivity index (χ0v) is 14.1. The average molecular weight is 367 g/mol. The lowest BCUT2D eigenvalue weighted by Crippen LogP contribution is -2.40. The summed E-state index contributed by atoms with van der Waals surface area (Å²) in [7, 11) is -2.31. The van der Waals surface area contributed by atoms with E-state index in [-0.39, 0.29) is 24.1 Å². The molecule has 1 aliphatic carbocycles. The second-order valence-electron chi connectivity index (χ2n) is 5.57. The summed E-state index contributed by atoms with van der Waals surface area (Å²) in [5, 5.41) is 0. The van der Waals surface area contributed by atoms with E-state index in [1.165, 1.54) is 11.4 Å². The van der Waals surface area contributed by atoms with E-state index in [0.29, 0.717) is 0 Å². The summed E-state index contributed by atoms with van der Waals surface area (Å²) >= 11 is 0. The molecule has 0 bridgehead atoms. The molecule has 0 amide bonds. The van der Waals surface area contributed by atoms with Gasteiger partial charge in [-0.1, -0.05) is 12.8 Å². The zero-order chi connectivity index (χ0) is 17.8. The average Bonchev–Trinajstić information content (AvgIpc) is 3.00. The molecule has 1 aliphatic rings. The maximum absolute atomic E-state index is 12.8. The highest BCUT2D eigenvalue weighted by Crippen LogP contribution is 2.30. The highest BCUT2D eigenvalue weighted by Gasteiger charge is 2.34. The number of hydrogen-bond acceptors (Lipinski definition) is 4. The molecule has 0 N–H and O–H groups in total. The number of sulfonamides is 1. The van der Waals surface area contributed by atoms with Crippen molar-refractivity contribution in [2.24, 2.45) is 0 Å². The molecule has 0 heterocycles. The normalized spacial score (nSPS) is 16.7. The Morgan fingerprint density at radius 2 is 1.75 bits per heavy atom. The fourth-order valence-corrected chi connectivity index (χ4v) is 4.49. The lowest BCUT2D eigenvalue weighted by atomic mass is 10.2. The molecule has 1 saturated carbocycles. The highest BCUT2D eigenvalue weighted by atomic mass is 32.2. The van der Waals surface area contributed by atoms with E-state index in [1.54, 1.807) is 0 Å². The van der Waals surface area contributed by atoms with Gasteiger partial charge in [0.2, 0.25) is 10.0 Å². The van der Waals surface area contributed by atoms with Crippen molar-refractivity contribution in [3.63, 3.8) is 0 Å². The van der Waals surface area contributed by atoms with Gasteiger partial charge in [-0.25, -0.2) is 8.42 Å². The molecule has 0 atom stereocenters. The molecule has 136 valence electrons. The number of ether oxygens (including phenoxy) is 2. The van der Waals surface area contributed by atoms with Crippen molar-refractivity contribution in [2.75, 3.05) is 20.3 Å². The molecule has 5 nitrogen and oxygen atoms in total. The molecule has 1 aromatic carbocycles. The minimum Gasteiger partial charge on any atom is -0.406 e. The predicted octanol–water partition coefficient (Wildman–Crippen LogP) is 3.16. The second kappa shape index (κ2) is 7.71. The maximum Gasteiger partial charge on any atom is 0.573 e. The summed E-state index contributed by atoms with van der Waals surface area (Å²) in [6.07, 6.45) is -1.34. The van der Waals surface area contributed by atoms with Crippen molar-refractivity contribution in [3.05, 3.63) is 24.3 Å². The van der Waals surface area contributed by atoms with Crippen molar-refractivity contribution in [2.45, 2.75) is 43.0 Å². The van der Waals surface area contributed by atoms with Crippen molar-refractivity contribution >= 4 is 10.0 Å². The van der Waals surface area contributed by atoms with Gasteiger partial charge in [-0.2, -0.15) is 4.31 Å². The SMILES string of the molecule is COCCN(C1CCCC1)S(=O)(=O)c1ccc(OC(F)(F)F)cc1. The van der Waals surface area contributed by atoms with Crippen LogP contribution < -0.4 is 4.74 Å². The smallest absolute Gasteiger partial charge is 0.406 e. The number of benzene rings is 1. The Balaban J connectivity index is 2.22. The summed E-state index contributed by atoms with van der Waals surface area (Å²) in [5.41, 5.74) is 0. The van der Waals surface area contributed by atoms with Gasteiger partial charge in [0.1, 0.15) is 5.75 Å². The van der Waals surface area contributed by atoms with E-state index in [0.717, 1.165) is 49.9 Å². The number of rotatable bonds is 7. The molecule has 9 heteroatoms. The third-order valence-electron chi connectivity index (χ3n) is 3.91. The fourth-order valence-electron chi connectivity index (χ4n) is 2.82. The quantitative estimate of drug-likeness (QED) is 0.743. The number of alkyl halides is 3. The van der Waals surface area contributed by atoms with E-state index in [1.807, 2.05) is 0 Å². The van der Waals surface area contributed by atoms with Crippen LogP contribution in [0.4, 0.5) is 13.2 Å². The number of hydrogen-bond donors (Lipinski definition) is 0. The first kappa shape index (κ1) is 19.0. The van der Waals surface area contributed by atoms with Crippen LogP contribution in [-0.2, 0) is 14.8 Å². The summed E-state index contributed by atoms with van der Waals surface area (Å²) < 4.78 is 72.4. The highest BCUT2D eigenvalue weighted by molar-refractivity contribution is 7.89. The topological polar surface area (TPSA) is 55.8 Å². The van der Waals surface area contributed by atoms with Gasteiger partial charge in [-0.05, 0) is 37.1 Å². The van der Waals surface area contributed by atoms with Crippen LogP contribution in [0.5, 0.6) is 5.75 Å². The Hall–Kier alpha value is -1.32. The second-order valence-corrected chi connectivity index (χ2v) is 7.46. The molecule has 0 unspecified atom stereocenters. The lowest BCUT2D eigenvalue weighted by molar-refractivity contribution is -0.274. The Bertz CT molecular complexity index is 625. The minimum atomic E-state index is -4.81. The minimum absolute atomic E-state index is 0.0555. The van der Waals surface area contributed by atoms with E-state index in [4.69, 9.17) is 4.74 Å². The Morgan fingerprint density at radius 1 is 1.17 bits per heavy atom. The van der Waals surface area contributed by atoms with E-state index >= 15 is 0 Å². The summed E-state index contributed by atoms with van der Waals surface area (Å²) in [6.45, 7) is 0.468. The Kier molecular flexibility index (Phi) is 6.11. The standard InChI is InChI=1S/C15H20F3NO4S/c1-22-11-10-19(12-4-2-3-5-12)24(20,21)14-8-6-13(7-9-14)23-15(16,17)18/h6-9,12H,2-5,10-11H2,1H3. The van der Waals surface area contributed by atoms with Gasteiger partial charge in [0.25, 0.3) is 0 Å². The fraction of sp³-hybridized carbons (Fsp3) is 0.600. The first-order chi connectivity index (χ1) is 11.2. The van der Waals surface area contributed by atoms with Gasteiger partial charge in [0, 0.05) is 19.7 Å². The Labute approximate surface area is 139 Å². The van der Waals surface area contributed by atoms with Gasteiger partial charge in [0.05, 0.1) is 11.5 Å². The summed E-state index contributed by atoms with van der Waals surface area (Å²) in [6, 6.07) is 4.17. The van der Waals surface area contributed by atoms with E-state index < -0.39 is 22.1 Å². The van der Waals surface area contributed by atoms with Crippen molar-refractivity contribution in [1.29, 1.82) is 0 Å². The van der Waals surface area contributed by atoms with Gasteiger partial charge < -0.3 is 9.47 Å². The van der Waals surface area contributed by atoms with Crippen LogP contribution in [0, 0.1) is 0 Å². The van der Waals surface area contributed by atoms with E-state index in [2.05, 4.69) is 4.74 Å². The van der Waals surface area contributed by atoms with Crippen molar-refractivity contribution in [1.82, 2.24) is 4.31 Å². The van der Waals surface area contributed by atoms with Crippen LogP contribution in [0.2, 0.25) is 0 Å². The predicted molar refractivity (Wildman–Crippen MR) is 81.1 cm³/mol. The largest absolute Gasteiger partial charge is 0.573 e. The molecule has 0 aliphatic heterocycles. The van der Waals surface area contributed by atoms with Gasteiger partial charge in [-0.15, -0.1) is 13.2 Å². The van der Waals surface area contributed by atoms with Crippen LogP contribution in [0.15, 0.2) is 29.2 Å². The van der Waals surface area contributed by atoms with Crippen LogP contribution >= 0.6 is 0 Å². The molecule has 2 rings (SSSR count). The number of methoxy groups -OCH3 is 1. The van der Waals surface area contributed by atoms with Crippen LogP contribution in [0.3, 0.4) is 0 Å². The van der Waals surface area contributed by atoms with Crippen molar-refractivity contribution < 1.29 is 31.1 Å². The third-order valence-corrected chi connectivity index (χ3v) is 5.88. The molecular weight excluding hydrogens is 347 g/mol. The summed E-state index contributed by atoms with van der Waals surface area (Å²) in [5.74, 6) is -0.453. The lowest BCUT2D eigenvalue weighted by Gasteiger charge is -2.27. The maximum atomic E-state index is 12.8.